The lowest BCUT2D eigenvalue weighted by molar-refractivity contribution is -0.222. The lowest BCUT2D eigenvalue weighted by Crippen LogP contribution is -2.42. The second-order valence-electron chi connectivity index (χ2n) is 4.92. The minimum atomic E-state index is -1.33. The fraction of sp³-hybridized carbons (Fsp3) is 0.214. The van der Waals surface area contributed by atoms with Crippen molar-refractivity contribution >= 4 is 23.6 Å². The molecule has 1 aromatic carbocycles. The number of carboxylic acids is 1. The molecule has 8 heteroatoms. The van der Waals surface area contributed by atoms with Crippen molar-refractivity contribution in [3.8, 4) is 5.75 Å². The van der Waals surface area contributed by atoms with E-state index in [0.29, 0.717) is 0 Å². The number of esters is 2. The second-order valence-corrected chi connectivity index (χ2v) is 4.92. The molecule has 1 fully saturated rings. The van der Waals surface area contributed by atoms with Crippen LogP contribution in [-0.4, -0.2) is 33.9 Å². The average Bonchev–Trinajstić information content (AvgIpc) is 2.35. The normalized spacial score (nSPS) is 16.5. The number of hydrogen-bond acceptors (Lipinski definition) is 7. The average molecular weight is 307 g/mol. The Bertz CT molecular complexity index is 668. The van der Waals surface area contributed by atoms with Gasteiger partial charge in [-0.15, -0.1) is 0 Å². The number of cyclic esters (lactones) is 2. The lowest BCUT2D eigenvalue weighted by atomic mass is 10.2. The third-order valence-electron chi connectivity index (χ3n) is 2.73. The van der Waals surface area contributed by atoms with Crippen LogP contribution >= 0.6 is 0 Å². The number of anilines is 1. The fourth-order valence-corrected chi connectivity index (χ4v) is 1.74. The van der Waals surface area contributed by atoms with Gasteiger partial charge in [-0.1, -0.05) is 0 Å². The van der Waals surface area contributed by atoms with Gasteiger partial charge in [-0.2, -0.15) is 0 Å². The molecule has 1 aliphatic rings. The van der Waals surface area contributed by atoms with Gasteiger partial charge in [-0.05, 0) is 12.1 Å². The number of rotatable bonds is 3. The first-order chi connectivity index (χ1) is 10.2. The van der Waals surface area contributed by atoms with Crippen LogP contribution < -0.4 is 5.32 Å². The maximum absolute atomic E-state index is 11.7. The van der Waals surface area contributed by atoms with Gasteiger partial charge in [-0.3, -0.25) is 0 Å². The van der Waals surface area contributed by atoms with Crippen LogP contribution in [0.4, 0.5) is 5.69 Å². The highest BCUT2D eigenvalue weighted by atomic mass is 16.7. The van der Waals surface area contributed by atoms with Gasteiger partial charge in [-0.25, -0.2) is 14.4 Å². The number of hydrogen-bond donors (Lipinski definition) is 3. The van der Waals surface area contributed by atoms with E-state index in [-0.39, 0.29) is 16.8 Å². The smallest absolute Gasteiger partial charge is 0.350 e. The van der Waals surface area contributed by atoms with Gasteiger partial charge in [0.15, 0.2) is 5.57 Å². The van der Waals surface area contributed by atoms with Gasteiger partial charge < -0.3 is 25.0 Å². The Labute approximate surface area is 125 Å². The number of carbonyl (C=O) groups is 3. The molecule has 2 rings (SSSR count). The summed E-state index contributed by atoms with van der Waals surface area (Å²) in [7, 11) is 0. The van der Waals surface area contributed by atoms with Crippen LogP contribution in [0.15, 0.2) is 30.0 Å². The highest BCUT2D eigenvalue weighted by molar-refractivity contribution is 6.15. The van der Waals surface area contributed by atoms with Gasteiger partial charge in [0, 0.05) is 31.8 Å². The number of nitrogens with one attached hydrogen (secondary N) is 1. The Balaban J connectivity index is 2.18. The summed E-state index contributed by atoms with van der Waals surface area (Å²) in [6.07, 6.45) is 1.06. The van der Waals surface area contributed by atoms with Gasteiger partial charge in [0.1, 0.15) is 11.3 Å². The molecule has 1 saturated heterocycles. The third-order valence-corrected chi connectivity index (χ3v) is 2.73. The van der Waals surface area contributed by atoms with Crippen LogP contribution in [0.3, 0.4) is 0 Å². The summed E-state index contributed by atoms with van der Waals surface area (Å²) in [4.78, 5) is 34.2. The Hall–Kier alpha value is -3.03. The van der Waals surface area contributed by atoms with Crippen molar-refractivity contribution in [2.24, 2.45) is 0 Å². The predicted octanol–water partition coefficient (Wildman–Crippen LogP) is 1.22. The van der Waals surface area contributed by atoms with Gasteiger partial charge in [0.05, 0.1) is 0 Å². The van der Waals surface area contributed by atoms with E-state index in [1.807, 2.05) is 0 Å². The number of carbonyl (C=O) groups excluding carboxylic acids is 2. The molecule has 116 valence electrons. The molecule has 0 aromatic heterocycles. The van der Waals surface area contributed by atoms with Gasteiger partial charge >= 0.3 is 17.9 Å². The maximum atomic E-state index is 11.7. The maximum Gasteiger partial charge on any atom is 0.350 e. The van der Waals surface area contributed by atoms with Crippen LogP contribution in [0.2, 0.25) is 0 Å². The Kier molecular flexibility index (Phi) is 3.77. The lowest BCUT2D eigenvalue weighted by Gasteiger charge is -2.29. The van der Waals surface area contributed by atoms with Crippen LogP contribution in [-0.2, 0) is 19.1 Å². The molecule has 0 saturated carbocycles. The molecule has 0 unspecified atom stereocenters. The minimum Gasteiger partial charge on any atom is -0.507 e. The van der Waals surface area contributed by atoms with Gasteiger partial charge in [0.2, 0.25) is 0 Å². The van der Waals surface area contributed by atoms with Crippen LogP contribution in [0.1, 0.15) is 24.2 Å². The Morgan fingerprint density at radius 2 is 1.82 bits per heavy atom. The topological polar surface area (TPSA) is 122 Å². The first kappa shape index (κ1) is 15.4. The number of aromatic carboxylic acids is 1. The quantitative estimate of drug-likeness (QED) is 0.433. The van der Waals surface area contributed by atoms with E-state index >= 15 is 0 Å². The van der Waals surface area contributed by atoms with Crippen molar-refractivity contribution in [2.45, 2.75) is 19.6 Å². The zero-order valence-electron chi connectivity index (χ0n) is 11.7. The van der Waals surface area contributed by atoms with Crippen LogP contribution in [0.5, 0.6) is 5.75 Å². The van der Waals surface area contributed by atoms with E-state index in [1.165, 1.54) is 26.0 Å². The second kappa shape index (κ2) is 5.40. The summed E-state index contributed by atoms with van der Waals surface area (Å²) in [6.45, 7) is 2.85. The highest BCUT2D eigenvalue weighted by Gasteiger charge is 2.38. The monoisotopic (exact) mass is 307 g/mol. The van der Waals surface area contributed by atoms with Crippen LogP contribution in [0.25, 0.3) is 0 Å². The van der Waals surface area contributed by atoms with E-state index in [2.05, 4.69) is 5.32 Å². The molecule has 0 bridgehead atoms. The predicted molar refractivity (Wildman–Crippen MR) is 73.0 cm³/mol. The number of aromatic hydroxyl groups is 1. The Morgan fingerprint density at radius 1 is 1.23 bits per heavy atom. The SMILES string of the molecule is CC1(C)OC(=O)C(=CNc2ccc(C(=O)O)c(O)c2)C(=O)O1. The molecular weight excluding hydrogens is 294 g/mol. The van der Waals surface area contributed by atoms with Crippen molar-refractivity contribution in [3.05, 3.63) is 35.5 Å². The summed E-state index contributed by atoms with van der Waals surface area (Å²) >= 11 is 0. The molecular formula is C14H13NO7. The molecule has 0 atom stereocenters. The summed E-state index contributed by atoms with van der Waals surface area (Å²) in [5.41, 5.74) is -0.335. The third kappa shape index (κ3) is 3.17. The highest BCUT2D eigenvalue weighted by Crippen LogP contribution is 2.24. The zero-order valence-corrected chi connectivity index (χ0v) is 11.7. The van der Waals surface area contributed by atoms with Crippen molar-refractivity contribution in [3.63, 3.8) is 0 Å². The van der Waals surface area contributed by atoms with E-state index in [1.54, 1.807) is 0 Å². The minimum absolute atomic E-state index is 0.267. The van der Waals surface area contributed by atoms with Crippen LogP contribution in [0, 0.1) is 0 Å². The molecule has 8 nitrogen and oxygen atoms in total. The fourth-order valence-electron chi connectivity index (χ4n) is 1.74. The molecule has 1 aromatic rings. The molecule has 1 aliphatic heterocycles. The van der Waals surface area contributed by atoms with Crippen molar-refractivity contribution in [1.29, 1.82) is 0 Å². The molecule has 0 radical (unpaired) electrons. The first-order valence-electron chi connectivity index (χ1n) is 6.19. The first-order valence-corrected chi connectivity index (χ1v) is 6.19. The summed E-state index contributed by atoms with van der Waals surface area (Å²) < 4.78 is 9.80. The molecule has 0 spiro atoms. The van der Waals surface area contributed by atoms with Crippen molar-refractivity contribution in [1.82, 2.24) is 0 Å². The summed E-state index contributed by atoms with van der Waals surface area (Å²) in [6, 6.07) is 3.69. The van der Waals surface area contributed by atoms with E-state index < -0.39 is 29.4 Å². The van der Waals surface area contributed by atoms with Crippen molar-refractivity contribution in [2.75, 3.05) is 5.32 Å². The van der Waals surface area contributed by atoms with Gasteiger partial charge in [0.25, 0.3) is 5.79 Å². The number of carboxylic acid groups (broad SMARTS) is 1. The summed E-state index contributed by atoms with van der Waals surface area (Å²) in [5.74, 6) is -4.75. The number of phenols is 1. The molecule has 3 N–H and O–H groups in total. The summed E-state index contributed by atoms with van der Waals surface area (Å²) in [5, 5.41) is 20.9. The molecule has 1 heterocycles. The Morgan fingerprint density at radius 3 is 2.32 bits per heavy atom. The standard InChI is InChI=1S/C14H13NO7/c1-14(2)21-12(19)9(13(20)22-14)6-15-7-3-4-8(11(17)18)10(16)5-7/h3-6,15-16H,1-2H3,(H,17,18). The van der Waals surface area contributed by atoms with Crippen molar-refractivity contribution < 1.29 is 34.1 Å². The van der Waals surface area contributed by atoms with E-state index in [9.17, 15) is 19.5 Å². The van der Waals surface area contributed by atoms with E-state index in [4.69, 9.17) is 14.6 Å². The molecule has 0 amide bonds. The largest absolute Gasteiger partial charge is 0.507 e. The molecule has 0 aliphatic carbocycles. The number of ether oxygens (including phenoxy) is 2. The molecule has 22 heavy (non-hydrogen) atoms. The number of benzene rings is 1. The zero-order chi connectivity index (χ0) is 16.5. The van der Waals surface area contributed by atoms with E-state index in [0.717, 1.165) is 12.3 Å².